The van der Waals surface area contributed by atoms with Gasteiger partial charge in [-0.3, -0.25) is 4.79 Å². The number of carbonyl (C=O) groups is 1. The van der Waals surface area contributed by atoms with Gasteiger partial charge in [-0.05, 0) is 23.6 Å². The third kappa shape index (κ3) is 2.63. The van der Waals surface area contributed by atoms with Crippen LogP contribution in [0, 0.1) is 0 Å². The highest BCUT2D eigenvalue weighted by Crippen LogP contribution is 2.18. The van der Waals surface area contributed by atoms with Gasteiger partial charge in [0.05, 0.1) is 5.39 Å². The Morgan fingerprint density at radius 2 is 1.62 bits per heavy atom. The van der Waals surface area contributed by atoms with Crippen molar-refractivity contribution >= 4 is 27.5 Å². The number of hydrogen-bond acceptors (Lipinski definition) is 3. The minimum Gasteiger partial charge on any atom is -1.00 e. The van der Waals surface area contributed by atoms with Gasteiger partial charge in [0.1, 0.15) is 11.1 Å². The Bertz CT molecular complexity index is 1110. The molecule has 0 saturated heterocycles. The Kier molecular flexibility index (Phi) is 4.27. The topological polar surface area (TPSA) is 61.4 Å². The molecule has 0 aliphatic rings. The zero-order valence-electron chi connectivity index (χ0n) is 12.5. The Labute approximate surface area is 147 Å². The molecule has 0 unspecified atom stereocenters. The highest BCUT2D eigenvalue weighted by atomic mass is 79.9. The number of fused-ring (bicyclic) bond motifs is 2. The number of pyridine rings is 1. The monoisotopic (exact) mass is 381 g/mol. The van der Waals surface area contributed by atoms with E-state index in [-0.39, 0.29) is 28.3 Å². The van der Waals surface area contributed by atoms with Gasteiger partial charge in [-0.15, -0.1) is 0 Å². The summed E-state index contributed by atoms with van der Waals surface area (Å²) in [5.74, 6) is -0.374. The smallest absolute Gasteiger partial charge is 0.347 e. The molecule has 4 rings (SSSR count). The van der Waals surface area contributed by atoms with Crippen LogP contribution >= 0.6 is 0 Å². The minimum atomic E-state index is -0.630. The molecule has 1 N–H and O–H groups in total. The van der Waals surface area contributed by atoms with Gasteiger partial charge in [0, 0.05) is 11.5 Å². The average Bonchev–Trinajstić information content (AvgIpc) is 2.60. The number of H-pyrrole nitrogens is 1. The maximum atomic E-state index is 12.8. The van der Waals surface area contributed by atoms with Gasteiger partial charge >= 0.3 is 5.63 Å². The van der Waals surface area contributed by atoms with Crippen molar-refractivity contribution in [2.24, 2.45) is 0 Å². The summed E-state index contributed by atoms with van der Waals surface area (Å²) in [6, 6.07) is 18.1. The summed E-state index contributed by atoms with van der Waals surface area (Å²) < 4.78 is 5.26. The van der Waals surface area contributed by atoms with Crippen LogP contribution in [0.4, 0.5) is 0 Å². The number of ketones is 1. The van der Waals surface area contributed by atoms with Crippen molar-refractivity contribution in [1.29, 1.82) is 0 Å². The lowest BCUT2D eigenvalue weighted by atomic mass is 10.0. The van der Waals surface area contributed by atoms with Crippen LogP contribution in [0.2, 0.25) is 0 Å². The molecule has 0 aliphatic carbocycles. The summed E-state index contributed by atoms with van der Waals surface area (Å²) in [5, 5.41) is 2.42. The molecule has 0 aliphatic heterocycles. The van der Waals surface area contributed by atoms with Crippen LogP contribution in [0.15, 0.2) is 76.1 Å². The molecule has 0 amide bonds. The first-order chi connectivity index (χ1) is 11.2. The lowest BCUT2D eigenvalue weighted by Gasteiger charge is -2.01. The first-order valence-electron chi connectivity index (χ1n) is 7.21. The zero-order chi connectivity index (χ0) is 15.8. The molecule has 4 aromatic rings. The molecule has 2 aromatic heterocycles. The Morgan fingerprint density at radius 3 is 2.46 bits per heavy atom. The number of aromatic amines is 1. The fourth-order valence-electron chi connectivity index (χ4n) is 2.71. The van der Waals surface area contributed by atoms with Crippen molar-refractivity contribution < 1.29 is 31.2 Å². The van der Waals surface area contributed by atoms with E-state index in [0.29, 0.717) is 11.3 Å². The van der Waals surface area contributed by atoms with Crippen LogP contribution in [0.1, 0.15) is 16.1 Å². The second-order valence-corrected chi connectivity index (χ2v) is 5.25. The van der Waals surface area contributed by atoms with Crippen molar-refractivity contribution in [3.63, 3.8) is 0 Å². The summed E-state index contributed by atoms with van der Waals surface area (Å²) in [6.07, 6.45) is 1.69. The second kappa shape index (κ2) is 6.37. The molecule has 4 nitrogen and oxygen atoms in total. The molecule has 0 bridgehead atoms. The molecule has 2 aromatic carbocycles. The zero-order valence-corrected chi connectivity index (χ0v) is 14.0. The Morgan fingerprint density at radius 1 is 0.917 bits per heavy atom. The quantitative estimate of drug-likeness (QED) is 0.362. The van der Waals surface area contributed by atoms with E-state index < -0.39 is 5.63 Å². The van der Waals surface area contributed by atoms with Gasteiger partial charge in [-0.25, -0.2) is 9.78 Å². The number of benzene rings is 2. The van der Waals surface area contributed by atoms with E-state index in [0.717, 1.165) is 16.2 Å². The maximum absolute atomic E-state index is 12.8. The first-order valence-corrected chi connectivity index (χ1v) is 7.21. The van der Waals surface area contributed by atoms with Crippen molar-refractivity contribution in [3.05, 3.63) is 88.5 Å². The Balaban J connectivity index is 0.00000169. The van der Waals surface area contributed by atoms with E-state index in [1.807, 2.05) is 42.5 Å². The van der Waals surface area contributed by atoms with Crippen molar-refractivity contribution in [2.75, 3.05) is 0 Å². The van der Waals surface area contributed by atoms with Gasteiger partial charge < -0.3 is 21.4 Å². The fraction of sp³-hybridized carbons (Fsp3) is 0. The normalized spacial score (nSPS) is 10.5. The predicted octanol–water partition coefficient (Wildman–Crippen LogP) is -0.00470. The predicted molar refractivity (Wildman–Crippen MR) is 86.4 cm³/mol. The molecule has 0 atom stereocenters. The van der Waals surface area contributed by atoms with Crippen LogP contribution in [0.25, 0.3) is 21.7 Å². The van der Waals surface area contributed by atoms with Crippen molar-refractivity contribution in [2.45, 2.75) is 0 Å². The standard InChI is InChI=1S/C19H11NO3.BrH/c21-18(17-14-7-3-1-5-12(14)9-10-20-17)15-11-13-6-2-4-8-16(13)23-19(15)22;/h1-11H;1H. The van der Waals surface area contributed by atoms with Gasteiger partial charge in [0.2, 0.25) is 0 Å². The SMILES string of the molecule is O=C(c1cc2ccccc2oc1=O)c1[nH+]ccc2ccccc12.[Br-]. The fourth-order valence-corrected chi connectivity index (χ4v) is 2.71. The first kappa shape index (κ1) is 16.1. The number of hydrogen-bond donors (Lipinski definition) is 0. The van der Waals surface area contributed by atoms with E-state index in [9.17, 15) is 9.59 Å². The molecule has 0 radical (unpaired) electrons. The molecule has 118 valence electrons. The highest BCUT2D eigenvalue weighted by Gasteiger charge is 2.23. The molecule has 5 heteroatoms. The molecular formula is C19H12BrNO3. The van der Waals surface area contributed by atoms with Gasteiger partial charge in [0.25, 0.3) is 11.5 Å². The van der Waals surface area contributed by atoms with Crippen LogP contribution in [0.5, 0.6) is 0 Å². The summed E-state index contributed by atoms with van der Waals surface area (Å²) in [4.78, 5) is 28.0. The van der Waals surface area contributed by atoms with E-state index in [1.54, 1.807) is 24.4 Å². The van der Waals surface area contributed by atoms with Gasteiger partial charge in [0.15, 0.2) is 6.20 Å². The van der Waals surface area contributed by atoms with E-state index >= 15 is 0 Å². The summed E-state index contributed by atoms with van der Waals surface area (Å²) >= 11 is 0. The third-order valence-electron chi connectivity index (χ3n) is 3.83. The van der Waals surface area contributed by atoms with Crippen LogP contribution in [-0.2, 0) is 0 Å². The number of nitrogens with one attached hydrogen (secondary N) is 1. The molecule has 24 heavy (non-hydrogen) atoms. The molecular weight excluding hydrogens is 370 g/mol. The van der Waals surface area contributed by atoms with Crippen molar-refractivity contribution in [3.8, 4) is 0 Å². The van der Waals surface area contributed by atoms with Crippen LogP contribution < -0.4 is 27.6 Å². The Hall–Kier alpha value is -2.79. The summed E-state index contributed by atoms with van der Waals surface area (Å²) in [7, 11) is 0. The lowest BCUT2D eigenvalue weighted by Crippen LogP contribution is -3.00. The van der Waals surface area contributed by atoms with Crippen LogP contribution in [-0.4, -0.2) is 5.78 Å². The molecule has 2 heterocycles. The van der Waals surface area contributed by atoms with Gasteiger partial charge in [-0.1, -0.05) is 36.4 Å². The third-order valence-corrected chi connectivity index (χ3v) is 3.83. The molecule has 0 spiro atoms. The average molecular weight is 382 g/mol. The number of aromatic nitrogens is 1. The number of halogens is 1. The number of carbonyl (C=O) groups excluding carboxylic acids is 1. The molecule has 0 saturated carbocycles. The number of rotatable bonds is 2. The lowest BCUT2D eigenvalue weighted by molar-refractivity contribution is -0.379. The highest BCUT2D eigenvalue weighted by molar-refractivity contribution is 6.14. The minimum absolute atomic E-state index is 0. The van der Waals surface area contributed by atoms with Crippen LogP contribution in [0.3, 0.4) is 0 Å². The van der Waals surface area contributed by atoms with Gasteiger partial charge in [-0.2, -0.15) is 0 Å². The van der Waals surface area contributed by atoms with E-state index in [4.69, 9.17) is 4.42 Å². The molecule has 0 fully saturated rings. The van der Waals surface area contributed by atoms with E-state index in [2.05, 4.69) is 4.98 Å². The largest absolute Gasteiger partial charge is 1.00 e. The summed E-state index contributed by atoms with van der Waals surface area (Å²) in [5.41, 5.74) is 0.243. The maximum Gasteiger partial charge on any atom is 0.347 e. The van der Waals surface area contributed by atoms with Crippen molar-refractivity contribution in [1.82, 2.24) is 0 Å². The summed E-state index contributed by atoms with van der Waals surface area (Å²) in [6.45, 7) is 0. The number of para-hydroxylation sites is 1. The second-order valence-electron chi connectivity index (χ2n) is 5.25. The van der Waals surface area contributed by atoms with E-state index in [1.165, 1.54) is 0 Å².